The van der Waals surface area contributed by atoms with E-state index in [-0.39, 0.29) is 0 Å². The molecule has 0 aliphatic rings. The third-order valence-electron chi connectivity index (χ3n) is 3.58. The summed E-state index contributed by atoms with van der Waals surface area (Å²) in [5, 5.41) is 8.27. The molecule has 2 rings (SSSR count). The van der Waals surface area contributed by atoms with Crippen LogP contribution < -0.4 is 0 Å². The molecule has 0 N–H and O–H groups in total. The highest BCUT2D eigenvalue weighted by Gasteiger charge is 2.18. The van der Waals surface area contributed by atoms with E-state index in [2.05, 4.69) is 58.5 Å². The fourth-order valence-electron chi connectivity index (χ4n) is 2.52. The van der Waals surface area contributed by atoms with Crippen LogP contribution in [0.4, 0.5) is 0 Å². The molecule has 0 aliphatic carbocycles. The average Bonchev–Trinajstić information content (AvgIpc) is 2.89. The van der Waals surface area contributed by atoms with Crippen molar-refractivity contribution >= 4 is 0 Å². The van der Waals surface area contributed by atoms with Crippen LogP contribution in [0.25, 0.3) is 0 Å². The Morgan fingerprint density at radius 1 is 1.35 bits per heavy atom. The van der Waals surface area contributed by atoms with Gasteiger partial charge in [0.25, 0.3) is 0 Å². The van der Waals surface area contributed by atoms with Gasteiger partial charge in [-0.3, -0.25) is 9.88 Å². The lowest BCUT2D eigenvalue weighted by Gasteiger charge is -2.27. The van der Waals surface area contributed by atoms with Crippen molar-refractivity contribution in [3.63, 3.8) is 0 Å². The van der Waals surface area contributed by atoms with E-state index in [4.69, 9.17) is 0 Å². The molecule has 108 valence electrons. The molecule has 5 nitrogen and oxygen atoms in total. The van der Waals surface area contributed by atoms with Gasteiger partial charge in [-0.1, -0.05) is 13.0 Å². The van der Waals surface area contributed by atoms with Crippen molar-refractivity contribution in [3.8, 4) is 0 Å². The van der Waals surface area contributed by atoms with E-state index in [1.807, 2.05) is 18.5 Å². The molecule has 20 heavy (non-hydrogen) atoms. The van der Waals surface area contributed by atoms with Crippen LogP contribution in [0, 0.1) is 0 Å². The van der Waals surface area contributed by atoms with E-state index in [0.29, 0.717) is 12.1 Å². The van der Waals surface area contributed by atoms with Gasteiger partial charge >= 0.3 is 0 Å². The van der Waals surface area contributed by atoms with Gasteiger partial charge in [-0.2, -0.15) is 0 Å². The number of nitrogens with zero attached hydrogens (tertiary/aromatic N) is 5. The highest BCUT2D eigenvalue weighted by molar-refractivity contribution is 5.13. The Balaban J connectivity index is 2.14. The number of pyridine rings is 1. The molecule has 0 aromatic carbocycles. The Morgan fingerprint density at radius 3 is 2.75 bits per heavy atom. The molecule has 5 heteroatoms. The van der Waals surface area contributed by atoms with Crippen molar-refractivity contribution in [2.45, 2.75) is 45.8 Å². The van der Waals surface area contributed by atoms with E-state index in [1.54, 1.807) is 6.33 Å². The molecule has 0 fully saturated rings. The molecule has 0 spiro atoms. The van der Waals surface area contributed by atoms with Gasteiger partial charge in [-0.05, 0) is 38.9 Å². The smallest absolute Gasteiger partial charge is 0.147 e. The maximum atomic E-state index is 4.24. The lowest BCUT2D eigenvalue weighted by molar-refractivity contribution is 0.220. The van der Waals surface area contributed by atoms with Gasteiger partial charge in [0.1, 0.15) is 12.2 Å². The molecule has 0 aliphatic heterocycles. The molecular formula is C15H23N5. The molecule has 2 heterocycles. The van der Waals surface area contributed by atoms with Gasteiger partial charge in [0.15, 0.2) is 0 Å². The van der Waals surface area contributed by atoms with Crippen LogP contribution in [0.2, 0.25) is 0 Å². The Hall–Kier alpha value is -1.75. The quantitative estimate of drug-likeness (QED) is 0.812. The minimum absolute atomic E-state index is 0.348. The normalized spacial score (nSPS) is 13.1. The van der Waals surface area contributed by atoms with E-state index in [9.17, 15) is 0 Å². The average molecular weight is 273 g/mol. The highest BCUT2D eigenvalue weighted by Crippen LogP contribution is 2.23. The Labute approximate surface area is 120 Å². The van der Waals surface area contributed by atoms with Crippen molar-refractivity contribution in [2.24, 2.45) is 0 Å². The van der Waals surface area contributed by atoms with E-state index >= 15 is 0 Å². The topological polar surface area (TPSA) is 46.8 Å². The molecule has 0 radical (unpaired) electrons. The summed E-state index contributed by atoms with van der Waals surface area (Å²) >= 11 is 0. The first-order valence-electron chi connectivity index (χ1n) is 7.12. The van der Waals surface area contributed by atoms with E-state index in [0.717, 1.165) is 18.8 Å². The first-order valence-corrected chi connectivity index (χ1v) is 7.12. The summed E-state index contributed by atoms with van der Waals surface area (Å²) in [5.74, 6) is 1.00. The minimum Gasteiger partial charge on any atom is -0.314 e. The van der Waals surface area contributed by atoms with Gasteiger partial charge in [-0.15, -0.1) is 10.2 Å². The summed E-state index contributed by atoms with van der Waals surface area (Å²) in [5.41, 5.74) is 1.24. The zero-order valence-corrected chi connectivity index (χ0v) is 12.7. The molecule has 0 amide bonds. The zero-order chi connectivity index (χ0) is 14.5. The van der Waals surface area contributed by atoms with Gasteiger partial charge in [0.05, 0.1) is 6.54 Å². The largest absolute Gasteiger partial charge is 0.314 e. The summed E-state index contributed by atoms with van der Waals surface area (Å²) in [4.78, 5) is 6.52. The highest BCUT2D eigenvalue weighted by atomic mass is 15.3. The van der Waals surface area contributed by atoms with Crippen molar-refractivity contribution in [3.05, 3.63) is 42.2 Å². The van der Waals surface area contributed by atoms with Crippen molar-refractivity contribution in [1.82, 2.24) is 24.6 Å². The number of hydrogen-bond donors (Lipinski definition) is 0. The van der Waals surface area contributed by atoms with Gasteiger partial charge in [-0.25, -0.2) is 0 Å². The lowest BCUT2D eigenvalue weighted by atomic mass is 10.1. The Bertz CT molecular complexity index is 520. The first-order chi connectivity index (χ1) is 9.63. The molecular weight excluding hydrogens is 250 g/mol. The monoisotopic (exact) mass is 273 g/mol. The third-order valence-corrected chi connectivity index (χ3v) is 3.58. The summed E-state index contributed by atoms with van der Waals surface area (Å²) in [6.45, 7) is 7.27. The van der Waals surface area contributed by atoms with E-state index < -0.39 is 0 Å². The van der Waals surface area contributed by atoms with Crippen LogP contribution >= 0.6 is 0 Å². The van der Waals surface area contributed by atoms with Crippen LogP contribution in [0.15, 0.2) is 30.9 Å². The van der Waals surface area contributed by atoms with Gasteiger partial charge < -0.3 is 4.57 Å². The minimum atomic E-state index is 0.348. The predicted octanol–water partition coefficient (Wildman–Crippen LogP) is 2.84. The van der Waals surface area contributed by atoms with Crippen LogP contribution in [0.3, 0.4) is 0 Å². The zero-order valence-electron chi connectivity index (χ0n) is 12.7. The van der Waals surface area contributed by atoms with Crippen molar-refractivity contribution < 1.29 is 0 Å². The maximum absolute atomic E-state index is 4.24. The van der Waals surface area contributed by atoms with Crippen LogP contribution in [-0.2, 0) is 6.54 Å². The first kappa shape index (κ1) is 14.7. The second-order valence-corrected chi connectivity index (χ2v) is 5.37. The fraction of sp³-hybridized carbons (Fsp3) is 0.533. The van der Waals surface area contributed by atoms with Gasteiger partial charge in [0, 0.05) is 24.5 Å². The molecule has 1 atom stereocenters. The number of hydrogen-bond acceptors (Lipinski definition) is 4. The van der Waals surface area contributed by atoms with Crippen LogP contribution in [0.5, 0.6) is 0 Å². The molecule has 2 aromatic heterocycles. The summed E-state index contributed by atoms with van der Waals surface area (Å²) in [7, 11) is 2.13. The van der Waals surface area contributed by atoms with Crippen molar-refractivity contribution in [1.29, 1.82) is 0 Å². The van der Waals surface area contributed by atoms with Gasteiger partial charge in [0.2, 0.25) is 0 Å². The molecule has 2 aromatic rings. The summed E-state index contributed by atoms with van der Waals surface area (Å²) in [6.07, 6.45) is 6.60. The second kappa shape index (κ2) is 6.61. The summed E-state index contributed by atoms with van der Waals surface area (Å²) < 4.78 is 2.12. The second-order valence-electron chi connectivity index (χ2n) is 5.37. The van der Waals surface area contributed by atoms with Crippen molar-refractivity contribution in [2.75, 3.05) is 7.05 Å². The molecule has 0 saturated heterocycles. The van der Waals surface area contributed by atoms with Crippen LogP contribution in [0.1, 0.15) is 50.7 Å². The fourth-order valence-corrected chi connectivity index (χ4v) is 2.52. The Kier molecular flexibility index (Phi) is 4.84. The molecule has 0 saturated carbocycles. The number of rotatable bonds is 6. The number of aromatic nitrogens is 4. The van der Waals surface area contributed by atoms with E-state index in [1.165, 1.54) is 5.56 Å². The third kappa shape index (κ3) is 3.22. The summed E-state index contributed by atoms with van der Waals surface area (Å²) in [6, 6.07) is 4.85. The SMILES string of the molecule is CCC(c1cccnc1)N(C)Cc1nncn1C(C)C. The maximum Gasteiger partial charge on any atom is 0.147 e. The molecule has 1 unspecified atom stereocenters. The lowest BCUT2D eigenvalue weighted by Crippen LogP contribution is -2.26. The van der Waals surface area contributed by atoms with Crippen LogP contribution in [-0.4, -0.2) is 31.7 Å². The predicted molar refractivity (Wildman–Crippen MR) is 79.1 cm³/mol. The standard InChI is InChI=1S/C15H23N5/c1-5-14(13-7-6-8-16-9-13)19(4)10-15-18-17-11-20(15)12(2)3/h6-9,11-12,14H,5,10H2,1-4H3. The Morgan fingerprint density at radius 2 is 2.15 bits per heavy atom. The molecule has 0 bridgehead atoms.